The van der Waals surface area contributed by atoms with Gasteiger partial charge in [-0.25, -0.2) is 4.79 Å². The fourth-order valence-corrected chi connectivity index (χ4v) is 1.73. The lowest BCUT2D eigenvalue weighted by Crippen LogP contribution is -2.28. The molecule has 1 rings (SSSR count). The minimum Gasteiger partial charge on any atom is -0.467 e. The highest BCUT2D eigenvalue weighted by Gasteiger charge is 2.34. The maximum Gasteiger partial charge on any atom is 0.457 e. The Kier molecular flexibility index (Phi) is 5.81. The number of rotatable bonds is 5. The van der Waals surface area contributed by atoms with Crippen molar-refractivity contribution in [3.8, 4) is 0 Å². The van der Waals surface area contributed by atoms with E-state index in [1.807, 2.05) is 20.8 Å². The standard InChI is InChI=1S/C12H21BO6/c1-12(2,3)18-10(14)7-9-5-6-13(19-9)17-8-11(15)16-4/h9H,5-8H2,1-4H3/t9-/m0/s1. The predicted octanol–water partition coefficient (Wildman–Crippen LogP) is 1.18. The van der Waals surface area contributed by atoms with Crippen molar-refractivity contribution >= 4 is 19.1 Å². The molecular weight excluding hydrogens is 251 g/mol. The first kappa shape index (κ1) is 16.0. The van der Waals surface area contributed by atoms with Crippen molar-refractivity contribution in [2.75, 3.05) is 13.7 Å². The average molecular weight is 272 g/mol. The smallest absolute Gasteiger partial charge is 0.457 e. The van der Waals surface area contributed by atoms with Gasteiger partial charge in [0, 0.05) is 0 Å². The van der Waals surface area contributed by atoms with Crippen molar-refractivity contribution in [3.63, 3.8) is 0 Å². The Balaban J connectivity index is 2.25. The summed E-state index contributed by atoms with van der Waals surface area (Å²) >= 11 is 0. The molecule has 1 fully saturated rings. The summed E-state index contributed by atoms with van der Waals surface area (Å²) in [4.78, 5) is 22.5. The summed E-state index contributed by atoms with van der Waals surface area (Å²) in [5.41, 5.74) is -0.490. The van der Waals surface area contributed by atoms with Crippen molar-refractivity contribution in [3.05, 3.63) is 0 Å². The summed E-state index contributed by atoms with van der Waals surface area (Å²) in [6.07, 6.45) is 1.36. The summed E-state index contributed by atoms with van der Waals surface area (Å²) < 4.78 is 20.4. The van der Waals surface area contributed by atoms with Crippen molar-refractivity contribution in [2.45, 2.75) is 51.6 Å². The summed E-state index contributed by atoms with van der Waals surface area (Å²) in [7, 11) is 0.846. The molecule has 1 heterocycles. The molecule has 0 amide bonds. The molecule has 108 valence electrons. The van der Waals surface area contributed by atoms with Crippen LogP contribution < -0.4 is 0 Å². The lowest BCUT2D eigenvalue weighted by molar-refractivity contribution is -0.156. The maximum absolute atomic E-state index is 11.6. The summed E-state index contributed by atoms with van der Waals surface area (Å²) in [6, 6.07) is 0. The molecule has 1 aliphatic heterocycles. The first-order valence-electron chi connectivity index (χ1n) is 6.36. The van der Waals surface area contributed by atoms with E-state index in [9.17, 15) is 9.59 Å². The van der Waals surface area contributed by atoms with Crippen LogP contribution in [-0.4, -0.2) is 44.5 Å². The van der Waals surface area contributed by atoms with Gasteiger partial charge in [-0.3, -0.25) is 4.79 Å². The monoisotopic (exact) mass is 272 g/mol. The molecule has 0 radical (unpaired) electrons. The molecule has 0 aromatic rings. The number of ether oxygens (including phenoxy) is 2. The Labute approximate surface area is 113 Å². The lowest BCUT2D eigenvalue weighted by Gasteiger charge is -2.20. The first-order chi connectivity index (χ1) is 8.80. The van der Waals surface area contributed by atoms with E-state index in [4.69, 9.17) is 14.0 Å². The summed E-state index contributed by atoms with van der Waals surface area (Å²) in [5.74, 6) is -0.731. The SMILES string of the molecule is COC(=O)COB1CC[C@@H](CC(=O)OC(C)(C)C)O1. The fourth-order valence-electron chi connectivity index (χ4n) is 1.73. The molecule has 0 spiro atoms. The quantitative estimate of drug-likeness (QED) is 0.553. The van der Waals surface area contributed by atoms with Crippen molar-refractivity contribution < 1.29 is 28.4 Å². The van der Waals surface area contributed by atoms with Crippen molar-refractivity contribution in [1.82, 2.24) is 0 Å². The van der Waals surface area contributed by atoms with Crippen LogP contribution in [0.25, 0.3) is 0 Å². The van der Waals surface area contributed by atoms with Gasteiger partial charge < -0.3 is 18.8 Å². The maximum atomic E-state index is 11.6. The number of methoxy groups -OCH3 is 1. The zero-order chi connectivity index (χ0) is 14.5. The van der Waals surface area contributed by atoms with Crippen LogP contribution in [0.5, 0.6) is 0 Å². The highest BCUT2D eigenvalue weighted by molar-refractivity contribution is 6.45. The second-order valence-corrected chi connectivity index (χ2v) is 5.44. The Bertz CT molecular complexity index is 325. The van der Waals surface area contributed by atoms with Crippen molar-refractivity contribution in [2.24, 2.45) is 0 Å². The van der Waals surface area contributed by atoms with Gasteiger partial charge in [-0.1, -0.05) is 0 Å². The third kappa shape index (κ3) is 6.59. The third-order valence-corrected chi connectivity index (χ3v) is 2.50. The van der Waals surface area contributed by atoms with Crippen LogP contribution in [0.3, 0.4) is 0 Å². The number of carbonyl (C=O) groups is 2. The molecular formula is C12H21BO6. The van der Waals surface area contributed by atoms with E-state index in [-0.39, 0.29) is 25.1 Å². The average Bonchev–Trinajstić information content (AvgIpc) is 2.70. The Hall–Kier alpha value is -1.08. The Morgan fingerprint density at radius 1 is 1.32 bits per heavy atom. The molecule has 7 heteroatoms. The first-order valence-corrected chi connectivity index (χ1v) is 6.36. The second kappa shape index (κ2) is 6.91. The van der Waals surface area contributed by atoms with Crippen LogP contribution >= 0.6 is 0 Å². The molecule has 0 aromatic carbocycles. The molecule has 0 unspecified atom stereocenters. The minimum atomic E-state index is -0.490. The van der Waals surface area contributed by atoms with E-state index in [1.165, 1.54) is 7.11 Å². The van der Waals surface area contributed by atoms with Gasteiger partial charge in [-0.2, -0.15) is 0 Å². The number of esters is 2. The zero-order valence-corrected chi connectivity index (χ0v) is 11.9. The molecule has 1 saturated heterocycles. The number of hydrogen-bond donors (Lipinski definition) is 0. The fraction of sp³-hybridized carbons (Fsp3) is 0.833. The van der Waals surface area contributed by atoms with Gasteiger partial charge in [0.2, 0.25) is 0 Å². The zero-order valence-electron chi connectivity index (χ0n) is 11.9. The van der Waals surface area contributed by atoms with Gasteiger partial charge in [0.1, 0.15) is 12.2 Å². The van der Waals surface area contributed by atoms with Crippen LogP contribution in [0.15, 0.2) is 0 Å². The van der Waals surface area contributed by atoms with E-state index in [1.54, 1.807) is 0 Å². The number of hydrogen-bond acceptors (Lipinski definition) is 6. The van der Waals surface area contributed by atoms with Crippen LogP contribution in [0.1, 0.15) is 33.6 Å². The number of carbonyl (C=O) groups excluding carboxylic acids is 2. The highest BCUT2D eigenvalue weighted by atomic mass is 16.6. The molecule has 0 aromatic heterocycles. The van der Waals surface area contributed by atoms with E-state index in [0.29, 0.717) is 12.7 Å². The molecule has 0 N–H and O–H groups in total. The lowest BCUT2D eigenvalue weighted by atomic mass is 9.86. The van der Waals surface area contributed by atoms with Gasteiger partial charge in [-0.15, -0.1) is 0 Å². The molecule has 1 atom stereocenters. The molecule has 19 heavy (non-hydrogen) atoms. The third-order valence-electron chi connectivity index (χ3n) is 2.50. The van der Waals surface area contributed by atoms with Crippen LogP contribution in [0.2, 0.25) is 6.32 Å². The van der Waals surface area contributed by atoms with E-state index in [2.05, 4.69) is 4.74 Å². The van der Waals surface area contributed by atoms with Gasteiger partial charge >= 0.3 is 19.1 Å². The van der Waals surface area contributed by atoms with Gasteiger partial charge in [-0.05, 0) is 33.5 Å². The van der Waals surface area contributed by atoms with Crippen LogP contribution in [0.4, 0.5) is 0 Å². The van der Waals surface area contributed by atoms with Crippen LogP contribution in [-0.2, 0) is 28.4 Å². The molecule has 6 nitrogen and oxygen atoms in total. The molecule has 0 saturated carbocycles. The van der Waals surface area contributed by atoms with Crippen molar-refractivity contribution in [1.29, 1.82) is 0 Å². The summed E-state index contributed by atoms with van der Waals surface area (Å²) in [5, 5.41) is 0. The van der Waals surface area contributed by atoms with Gasteiger partial charge in [0.25, 0.3) is 0 Å². The van der Waals surface area contributed by atoms with Gasteiger partial charge in [0.15, 0.2) is 0 Å². The Morgan fingerprint density at radius 3 is 2.58 bits per heavy atom. The van der Waals surface area contributed by atoms with E-state index < -0.39 is 18.7 Å². The largest absolute Gasteiger partial charge is 0.467 e. The van der Waals surface area contributed by atoms with E-state index in [0.717, 1.165) is 0 Å². The highest BCUT2D eigenvalue weighted by Crippen LogP contribution is 2.22. The van der Waals surface area contributed by atoms with Gasteiger partial charge in [0.05, 0.1) is 19.6 Å². The molecule has 0 aliphatic carbocycles. The Morgan fingerprint density at radius 2 is 2.00 bits per heavy atom. The topological polar surface area (TPSA) is 71.1 Å². The molecule has 1 aliphatic rings. The summed E-state index contributed by atoms with van der Waals surface area (Å²) in [6.45, 7) is 5.33. The second-order valence-electron chi connectivity index (χ2n) is 5.44. The van der Waals surface area contributed by atoms with Crippen LogP contribution in [0, 0.1) is 0 Å². The molecule has 0 bridgehead atoms. The minimum absolute atomic E-state index is 0.139. The normalized spacial score (nSPS) is 19.4. The predicted molar refractivity (Wildman–Crippen MR) is 68.5 cm³/mol. The van der Waals surface area contributed by atoms with E-state index >= 15 is 0 Å².